The van der Waals surface area contributed by atoms with Crippen molar-refractivity contribution in [1.29, 1.82) is 0 Å². The highest BCUT2D eigenvalue weighted by Crippen LogP contribution is 2.53. The Bertz CT molecular complexity index is 3990. The summed E-state index contributed by atoms with van der Waals surface area (Å²) in [5.74, 6) is 3.75. The molecule has 580 valence electrons. The van der Waals surface area contributed by atoms with Gasteiger partial charge in [-0.15, -0.1) is 23.5 Å². The molecule has 0 spiro atoms. The number of nitrogens with zero attached hydrogens (tertiary/aromatic N) is 4. The van der Waals surface area contributed by atoms with Crippen molar-refractivity contribution in [3.05, 3.63) is 77.9 Å². The Balaban J connectivity index is 0.000000160. The van der Waals surface area contributed by atoms with Crippen molar-refractivity contribution in [2.24, 2.45) is 5.92 Å². The SMILES string of the molecule is CCN(CC)C1COc2c(N)c(C)c(C)c(N)c2S1.CCN(CC)CC1COc2c(N)c(C)c(C)c(N)c2S1.Cc1c(C)c(N)c2c(c1N)CC(C)CN2.Cc1c(C)c(N)c2c(c1N)CCCN2.Cc1c(C)c(N)c2c(c1N)OCC(CN(C)C)S2.Cc1c(C)c(N)c2c(c1N)OCC(N1CCCC1)S2. The predicted molar refractivity (Wildman–Crippen MR) is 457 cm³/mol. The van der Waals surface area contributed by atoms with Crippen molar-refractivity contribution in [3.63, 3.8) is 0 Å². The van der Waals surface area contributed by atoms with E-state index in [1.807, 2.05) is 107 Å². The minimum absolute atomic E-state index is 0.311. The number of nitrogens with one attached hydrogen (secondary N) is 2. The van der Waals surface area contributed by atoms with E-state index in [1.165, 1.54) is 24.0 Å². The van der Waals surface area contributed by atoms with E-state index < -0.39 is 0 Å². The third-order valence-electron chi connectivity index (χ3n) is 22.2. The van der Waals surface area contributed by atoms with Gasteiger partial charge < -0.3 is 108 Å². The van der Waals surface area contributed by atoms with Gasteiger partial charge in [-0.3, -0.25) is 9.80 Å². The van der Waals surface area contributed by atoms with Crippen molar-refractivity contribution in [3.8, 4) is 23.0 Å². The molecule has 22 nitrogen and oxygen atoms in total. The third kappa shape index (κ3) is 18.1. The maximum Gasteiger partial charge on any atom is 0.158 e. The highest BCUT2D eigenvalue weighted by Gasteiger charge is 2.35. The molecule has 6 aromatic rings. The zero-order valence-corrected chi connectivity index (χ0v) is 69.6. The van der Waals surface area contributed by atoms with Crippen molar-refractivity contribution in [2.45, 2.75) is 191 Å². The van der Waals surface area contributed by atoms with Gasteiger partial charge in [0.05, 0.1) is 109 Å². The molecular weight excluding hydrogens is 1390 g/mol. The number of anilines is 14. The van der Waals surface area contributed by atoms with E-state index in [1.54, 1.807) is 23.5 Å². The number of hydrogen-bond acceptors (Lipinski definition) is 26. The van der Waals surface area contributed by atoms with Crippen LogP contribution >= 0.6 is 47.0 Å². The lowest BCUT2D eigenvalue weighted by molar-refractivity contribution is 0.193. The summed E-state index contributed by atoms with van der Waals surface area (Å²) in [4.78, 5) is 13.5. The standard InChI is InChI=1S/C15H25N3OS.C14H21N3OS.C14H23N3OS.C13H21N3OS.C12H19N3.C11H17N3/c1-5-18(6-2)7-11-8-19-14-12(16)9(3)10(4)13(17)15(14)20-11;1-8-9(2)12(16)14-13(11(8)15)18-7-10(19-14)17-5-3-4-6-17;1-5-17(6-2)10-7-18-13-11(15)8(3)9(4)12(16)14(13)19-10;1-7-8(2)11(15)13-12(10(7)14)17-6-9(18-13)5-16(3)4;1-6-4-9-10(13)7(2)8(3)11(14)12(9)15-5-6;1-6-7(2)10(13)11-8(9(6)12)4-3-5-14-11/h11H,5-8,16-17H2,1-4H3;10H,3-7,15-16H2,1-2H3;10H,5-7,15-16H2,1-4H3;9H,5-6,14-15H2,1-4H3;6,15H,4-5,13-14H2,1-3H3;14H,3-5,12-13H2,1-2H3. The smallest absolute Gasteiger partial charge is 0.158 e. The molecule has 7 aliphatic rings. The molecule has 7 aliphatic heterocycles. The Morgan fingerprint density at radius 1 is 0.400 bits per heavy atom. The molecule has 0 aromatic heterocycles. The highest BCUT2D eigenvalue weighted by molar-refractivity contribution is 8.01. The number of fused-ring (bicyclic) bond motifs is 6. The van der Waals surface area contributed by atoms with Crippen LogP contribution in [0.4, 0.5) is 79.6 Å². The van der Waals surface area contributed by atoms with Gasteiger partial charge in [0.25, 0.3) is 0 Å². The Hall–Kier alpha value is -7.04. The average Bonchev–Trinajstić information content (AvgIpc) is 1.42. The van der Waals surface area contributed by atoms with Gasteiger partial charge in [0.15, 0.2) is 23.0 Å². The number of nitrogens with two attached hydrogens (primary N) is 12. The minimum atomic E-state index is 0.311. The van der Waals surface area contributed by atoms with Crippen LogP contribution in [-0.2, 0) is 12.8 Å². The van der Waals surface area contributed by atoms with Gasteiger partial charge in [0, 0.05) is 48.7 Å². The number of benzene rings is 6. The summed E-state index contributed by atoms with van der Waals surface area (Å²) >= 11 is 7.17. The Labute approximate surface area is 644 Å². The molecule has 0 amide bonds. The molecule has 5 unspecified atom stereocenters. The van der Waals surface area contributed by atoms with Crippen molar-refractivity contribution >= 4 is 127 Å². The second-order valence-electron chi connectivity index (χ2n) is 29.1. The molecule has 0 bridgehead atoms. The first-order chi connectivity index (χ1) is 49.6. The van der Waals surface area contributed by atoms with Gasteiger partial charge in [-0.05, 0) is 241 Å². The second kappa shape index (κ2) is 36.2. The van der Waals surface area contributed by atoms with E-state index in [0.717, 1.165) is 274 Å². The summed E-state index contributed by atoms with van der Waals surface area (Å²) in [5, 5.41) is 8.21. The first-order valence-corrected chi connectivity index (χ1v) is 40.7. The minimum Gasteiger partial charge on any atom is -0.489 e. The van der Waals surface area contributed by atoms with E-state index in [4.69, 9.17) is 87.8 Å². The normalized spacial score (nSPS) is 18.9. The fraction of sp³-hybridized carbons (Fsp3) is 0.544. The average molecular weight is 1520 g/mol. The number of nitrogen functional groups attached to an aromatic ring is 12. The molecule has 7 heterocycles. The molecule has 1 saturated heterocycles. The Kier molecular flexibility index (Phi) is 28.9. The Morgan fingerprint density at radius 3 is 1.19 bits per heavy atom. The zero-order valence-electron chi connectivity index (χ0n) is 66.3. The fourth-order valence-corrected chi connectivity index (χ4v) is 19.5. The van der Waals surface area contributed by atoms with Crippen LogP contribution in [0.1, 0.15) is 132 Å². The van der Waals surface area contributed by atoms with Gasteiger partial charge in [0.2, 0.25) is 0 Å². The summed E-state index contributed by atoms with van der Waals surface area (Å²) in [6.07, 6.45) is 5.78. The predicted octanol–water partition coefficient (Wildman–Crippen LogP) is 13.4. The summed E-state index contributed by atoms with van der Waals surface area (Å²) in [6.45, 7) is 48.3. The maximum absolute atomic E-state index is 6.26. The number of ether oxygens (including phenoxy) is 4. The molecule has 1 fully saturated rings. The van der Waals surface area contributed by atoms with E-state index in [0.29, 0.717) is 53.6 Å². The summed E-state index contributed by atoms with van der Waals surface area (Å²) < 4.78 is 23.6. The number of thioether (sulfide) groups is 4. The lowest BCUT2D eigenvalue weighted by Crippen LogP contribution is -2.38. The Morgan fingerprint density at radius 2 is 0.762 bits per heavy atom. The molecule has 26 N–H and O–H groups in total. The van der Waals surface area contributed by atoms with E-state index in [2.05, 4.69) is 78.9 Å². The van der Waals surface area contributed by atoms with Crippen LogP contribution in [0, 0.1) is 89.0 Å². The fourth-order valence-electron chi connectivity index (χ4n) is 14.1. The maximum atomic E-state index is 6.26. The van der Waals surface area contributed by atoms with Crippen LogP contribution in [0.3, 0.4) is 0 Å². The van der Waals surface area contributed by atoms with Crippen LogP contribution in [-0.4, -0.2) is 147 Å². The van der Waals surface area contributed by atoms with Crippen LogP contribution < -0.4 is 98.4 Å². The van der Waals surface area contributed by atoms with Gasteiger partial charge >= 0.3 is 0 Å². The van der Waals surface area contributed by atoms with Gasteiger partial charge in [-0.2, -0.15) is 0 Å². The van der Waals surface area contributed by atoms with Crippen molar-refractivity contribution in [1.82, 2.24) is 19.6 Å². The lowest BCUT2D eigenvalue weighted by Gasteiger charge is -2.34. The summed E-state index contributed by atoms with van der Waals surface area (Å²) in [6, 6.07) is 0. The van der Waals surface area contributed by atoms with Crippen molar-refractivity contribution in [2.75, 3.05) is 185 Å². The van der Waals surface area contributed by atoms with Crippen LogP contribution in [0.5, 0.6) is 23.0 Å². The second-order valence-corrected chi connectivity index (χ2v) is 34.1. The first kappa shape index (κ1) is 83.6. The molecule has 26 heteroatoms. The highest BCUT2D eigenvalue weighted by atomic mass is 32.2. The van der Waals surface area contributed by atoms with Crippen LogP contribution in [0.15, 0.2) is 19.6 Å². The molecule has 0 saturated carbocycles. The quantitative estimate of drug-likeness (QED) is 0.0566. The summed E-state index contributed by atoms with van der Waals surface area (Å²) in [7, 11) is 4.13. The molecule has 0 radical (unpaired) electrons. The molecule has 13 rings (SSSR count). The van der Waals surface area contributed by atoms with E-state index in [9.17, 15) is 0 Å². The topological polar surface area (TPSA) is 386 Å². The third-order valence-corrected chi connectivity index (χ3v) is 27.4. The molecule has 5 atom stereocenters. The molecule has 105 heavy (non-hydrogen) atoms. The number of rotatable bonds is 10. The molecular formula is C79H126N18O4S4. The lowest BCUT2D eigenvalue weighted by atomic mass is 9.89. The molecule has 6 aromatic carbocycles. The van der Waals surface area contributed by atoms with Gasteiger partial charge in [-0.1, -0.05) is 58.1 Å². The van der Waals surface area contributed by atoms with Gasteiger partial charge in [-0.25, -0.2) is 0 Å². The van der Waals surface area contributed by atoms with E-state index in [-0.39, 0.29) is 0 Å². The van der Waals surface area contributed by atoms with Crippen molar-refractivity contribution < 1.29 is 18.9 Å². The number of likely N-dealkylation sites (tertiary alicyclic amines) is 1. The van der Waals surface area contributed by atoms with Crippen LogP contribution in [0.2, 0.25) is 0 Å². The zero-order chi connectivity index (χ0) is 77.5. The van der Waals surface area contributed by atoms with E-state index >= 15 is 0 Å². The number of hydrogen-bond donors (Lipinski definition) is 14. The first-order valence-electron chi connectivity index (χ1n) is 37.2. The monoisotopic (exact) mass is 1520 g/mol. The number of likely N-dealkylation sites (N-methyl/N-ethyl adjacent to an activating group) is 1. The summed E-state index contributed by atoms with van der Waals surface area (Å²) in [5.41, 5.74) is 101. The largest absolute Gasteiger partial charge is 0.489 e. The van der Waals surface area contributed by atoms with Crippen LogP contribution in [0.25, 0.3) is 0 Å². The van der Waals surface area contributed by atoms with Gasteiger partial charge in [0.1, 0.15) is 26.4 Å². The molecule has 0 aliphatic carbocycles.